The molecule has 1 amide bonds. The Balaban J connectivity index is 1.64. The number of hydrogen-bond acceptors (Lipinski definition) is 3. The highest BCUT2D eigenvalue weighted by Crippen LogP contribution is 2.36. The molecule has 0 spiro atoms. The number of benzene rings is 2. The van der Waals surface area contributed by atoms with Crippen molar-refractivity contribution < 1.29 is 14.3 Å². The number of thioether (sulfide) groups is 1. The van der Waals surface area contributed by atoms with Crippen LogP contribution in [0.5, 0.6) is 0 Å². The minimum absolute atomic E-state index is 0.0709. The molecule has 1 aliphatic heterocycles. The van der Waals surface area contributed by atoms with Crippen LogP contribution in [-0.2, 0) is 11.2 Å². The summed E-state index contributed by atoms with van der Waals surface area (Å²) in [5.41, 5.74) is 2.71. The summed E-state index contributed by atoms with van der Waals surface area (Å²) in [4.78, 5) is 12.4. The number of aryl methyl sites for hydroxylation is 1. The van der Waals surface area contributed by atoms with Crippen LogP contribution in [0.1, 0.15) is 28.0 Å². The fourth-order valence-corrected chi connectivity index (χ4v) is 3.95. The van der Waals surface area contributed by atoms with Crippen molar-refractivity contribution in [3.63, 3.8) is 0 Å². The molecule has 2 N–H and O–H groups in total. The number of rotatable bonds is 4. The van der Waals surface area contributed by atoms with Crippen molar-refractivity contribution in [1.29, 1.82) is 0 Å². The number of amides is 1. The van der Waals surface area contributed by atoms with Crippen LogP contribution >= 0.6 is 11.8 Å². The van der Waals surface area contributed by atoms with Gasteiger partial charge in [-0.15, -0.1) is 11.8 Å². The van der Waals surface area contributed by atoms with Gasteiger partial charge < -0.3 is 10.4 Å². The van der Waals surface area contributed by atoms with Crippen LogP contribution in [-0.4, -0.2) is 23.3 Å². The Morgan fingerprint density at radius 1 is 1.30 bits per heavy atom. The van der Waals surface area contributed by atoms with Crippen molar-refractivity contribution in [1.82, 2.24) is 5.32 Å². The summed E-state index contributed by atoms with van der Waals surface area (Å²) in [6.45, 7) is 0.0709. The second-order valence-electron chi connectivity index (χ2n) is 5.52. The van der Waals surface area contributed by atoms with Gasteiger partial charge in [-0.2, -0.15) is 0 Å². The quantitative estimate of drug-likeness (QED) is 0.905. The lowest BCUT2D eigenvalue weighted by Gasteiger charge is -2.24. The number of aliphatic hydroxyl groups is 1. The van der Waals surface area contributed by atoms with Crippen LogP contribution in [0.2, 0.25) is 0 Å². The first-order chi connectivity index (χ1) is 11.1. The predicted octanol–water partition coefficient (Wildman–Crippen LogP) is 3.01. The maximum atomic E-state index is 13.2. The van der Waals surface area contributed by atoms with Crippen LogP contribution in [0, 0.1) is 5.82 Å². The molecule has 23 heavy (non-hydrogen) atoms. The molecular weight excluding hydrogens is 313 g/mol. The fraction of sp³-hybridized carbons (Fsp3) is 0.278. The molecule has 0 radical (unpaired) electrons. The topological polar surface area (TPSA) is 49.3 Å². The second kappa shape index (κ2) is 7.15. The van der Waals surface area contributed by atoms with Crippen molar-refractivity contribution in [3.05, 3.63) is 71.0 Å². The van der Waals surface area contributed by atoms with Crippen LogP contribution in [0.3, 0.4) is 0 Å². The summed E-state index contributed by atoms with van der Waals surface area (Å²) >= 11 is 1.61. The summed E-state index contributed by atoms with van der Waals surface area (Å²) in [6, 6.07) is 13.7. The Morgan fingerprint density at radius 3 is 2.96 bits per heavy atom. The summed E-state index contributed by atoms with van der Waals surface area (Å²) in [5, 5.41) is 12.6. The molecule has 0 bridgehead atoms. The van der Waals surface area contributed by atoms with Gasteiger partial charge in [-0.1, -0.05) is 36.4 Å². The molecule has 1 aliphatic rings. The zero-order valence-electron chi connectivity index (χ0n) is 12.5. The molecule has 2 unspecified atom stereocenters. The number of fused-ring (bicyclic) bond motifs is 1. The molecule has 2 atom stereocenters. The van der Waals surface area contributed by atoms with Gasteiger partial charge in [-0.3, -0.25) is 4.79 Å². The summed E-state index contributed by atoms with van der Waals surface area (Å²) in [7, 11) is 0. The van der Waals surface area contributed by atoms with Gasteiger partial charge in [0.2, 0.25) is 5.91 Å². The molecule has 0 fully saturated rings. The average Bonchev–Trinajstić information content (AvgIpc) is 2.59. The number of carbonyl (C=O) groups excluding carboxylic acids is 1. The monoisotopic (exact) mass is 331 g/mol. The maximum Gasteiger partial charge on any atom is 0.237 e. The van der Waals surface area contributed by atoms with E-state index in [9.17, 15) is 14.3 Å². The van der Waals surface area contributed by atoms with Crippen molar-refractivity contribution in [2.24, 2.45) is 0 Å². The van der Waals surface area contributed by atoms with E-state index >= 15 is 0 Å². The van der Waals surface area contributed by atoms with Crippen LogP contribution in [0.25, 0.3) is 0 Å². The number of hydrogen-bond donors (Lipinski definition) is 2. The van der Waals surface area contributed by atoms with E-state index in [4.69, 9.17) is 0 Å². The van der Waals surface area contributed by atoms with E-state index in [1.807, 2.05) is 18.2 Å². The predicted molar refractivity (Wildman–Crippen MR) is 89.7 cm³/mol. The van der Waals surface area contributed by atoms with E-state index in [0.717, 1.165) is 17.7 Å². The minimum Gasteiger partial charge on any atom is -0.387 e. The normalized spacial score (nSPS) is 18.1. The van der Waals surface area contributed by atoms with Crippen LogP contribution in [0.15, 0.2) is 48.5 Å². The van der Waals surface area contributed by atoms with Gasteiger partial charge in [-0.05, 0) is 41.0 Å². The standard InChI is InChI=1S/C18H18FNO2S/c19-14-6-3-5-13(10-14)16(21)11-20-18(22)17-15-7-2-1-4-12(15)8-9-23-17/h1-7,10,16-17,21H,8-9,11H2,(H,20,22). The van der Waals surface area contributed by atoms with Gasteiger partial charge in [0.1, 0.15) is 11.1 Å². The van der Waals surface area contributed by atoms with Crippen LogP contribution < -0.4 is 5.32 Å². The zero-order chi connectivity index (χ0) is 16.2. The maximum absolute atomic E-state index is 13.2. The van der Waals surface area contributed by atoms with E-state index < -0.39 is 11.9 Å². The molecule has 0 saturated carbocycles. The lowest BCUT2D eigenvalue weighted by atomic mass is 10.0. The van der Waals surface area contributed by atoms with Crippen molar-refractivity contribution >= 4 is 17.7 Å². The summed E-state index contributed by atoms with van der Waals surface area (Å²) in [6.07, 6.45) is 0.0507. The van der Waals surface area contributed by atoms with E-state index in [0.29, 0.717) is 5.56 Å². The molecule has 2 aromatic rings. The molecule has 3 nitrogen and oxygen atoms in total. The molecule has 2 aromatic carbocycles. The smallest absolute Gasteiger partial charge is 0.237 e. The SMILES string of the molecule is O=C(NCC(O)c1cccc(F)c1)C1SCCc2ccccc21. The van der Waals surface area contributed by atoms with E-state index in [1.54, 1.807) is 23.9 Å². The van der Waals surface area contributed by atoms with Crippen molar-refractivity contribution in [3.8, 4) is 0 Å². The largest absolute Gasteiger partial charge is 0.387 e. The Labute approximate surface area is 138 Å². The molecule has 3 rings (SSSR count). The number of aliphatic hydroxyl groups excluding tert-OH is 1. The first-order valence-electron chi connectivity index (χ1n) is 7.56. The number of nitrogens with one attached hydrogen (secondary N) is 1. The van der Waals surface area contributed by atoms with Crippen molar-refractivity contribution in [2.45, 2.75) is 17.8 Å². The fourth-order valence-electron chi connectivity index (χ4n) is 2.73. The molecule has 1 heterocycles. The number of carbonyl (C=O) groups is 1. The van der Waals surface area contributed by atoms with E-state index in [1.165, 1.54) is 17.7 Å². The van der Waals surface area contributed by atoms with Gasteiger partial charge in [0, 0.05) is 6.54 Å². The molecule has 5 heteroatoms. The third-order valence-corrected chi connectivity index (χ3v) is 5.18. The highest BCUT2D eigenvalue weighted by molar-refractivity contribution is 8.00. The first-order valence-corrected chi connectivity index (χ1v) is 8.60. The molecule has 0 saturated heterocycles. The highest BCUT2D eigenvalue weighted by Gasteiger charge is 2.27. The first kappa shape index (κ1) is 16.0. The molecule has 120 valence electrons. The highest BCUT2D eigenvalue weighted by atomic mass is 32.2. The Kier molecular flexibility index (Phi) is 4.98. The van der Waals surface area contributed by atoms with Gasteiger partial charge in [0.05, 0.1) is 6.10 Å². The zero-order valence-corrected chi connectivity index (χ0v) is 13.4. The van der Waals surface area contributed by atoms with Gasteiger partial charge in [0.25, 0.3) is 0 Å². The van der Waals surface area contributed by atoms with Crippen molar-refractivity contribution in [2.75, 3.05) is 12.3 Å². The Hall–Kier alpha value is -1.85. The molecule has 0 aromatic heterocycles. The lowest BCUT2D eigenvalue weighted by Crippen LogP contribution is -2.33. The Bertz CT molecular complexity index is 707. The van der Waals surface area contributed by atoms with Crippen LogP contribution in [0.4, 0.5) is 4.39 Å². The second-order valence-corrected chi connectivity index (χ2v) is 6.73. The van der Waals surface area contributed by atoms with Gasteiger partial charge in [0.15, 0.2) is 0 Å². The minimum atomic E-state index is -0.918. The third-order valence-electron chi connectivity index (χ3n) is 3.93. The third kappa shape index (κ3) is 3.74. The van der Waals surface area contributed by atoms with Gasteiger partial charge in [-0.25, -0.2) is 4.39 Å². The lowest BCUT2D eigenvalue weighted by molar-refractivity contribution is -0.121. The average molecular weight is 331 g/mol. The van der Waals surface area contributed by atoms with E-state index in [2.05, 4.69) is 11.4 Å². The summed E-state index contributed by atoms with van der Waals surface area (Å²) < 4.78 is 13.2. The Morgan fingerprint density at radius 2 is 2.13 bits per heavy atom. The number of halogens is 1. The molecular formula is C18H18FNO2S. The van der Waals surface area contributed by atoms with Gasteiger partial charge >= 0.3 is 0 Å². The van der Waals surface area contributed by atoms with E-state index in [-0.39, 0.29) is 17.7 Å². The molecule has 0 aliphatic carbocycles. The summed E-state index contributed by atoms with van der Waals surface area (Å²) in [5.74, 6) is 0.393.